The Hall–Kier alpha value is -1.79. The van der Waals surface area contributed by atoms with E-state index in [-0.39, 0.29) is 61.3 Å². The predicted molar refractivity (Wildman–Crippen MR) is 114 cm³/mol. The smallest absolute Gasteiger partial charge is 0.240 e. The molecule has 7 atom stereocenters. The van der Waals surface area contributed by atoms with Crippen LogP contribution < -0.4 is 5.32 Å². The zero-order chi connectivity index (χ0) is 23.3. The van der Waals surface area contributed by atoms with Crippen molar-refractivity contribution in [3.8, 4) is 0 Å². The number of ether oxygens (including phenoxy) is 2. The van der Waals surface area contributed by atoms with Gasteiger partial charge in [-0.15, -0.1) is 0 Å². The number of likely N-dealkylation sites (N-methyl/N-ethyl adjacent to an activating group) is 1. The largest absolute Gasteiger partial charge is 0.388 e. The molecule has 33 heavy (non-hydrogen) atoms. The van der Waals surface area contributed by atoms with Crippen LogP contribution in [0, 0.1) is 5.92 Å². The number of hydrogen-bond acceptors (Lipinski definition) is 8. The molecule has 3 amide bonds. The first kappa shape index (κ1) is 23.0. The summed E-state index contributed by atoms with van der Waals surface area (Å²) in [7, 11) is 1.88. The lowest BCUT2D eigenvalue weighted by molar-refractivity contribution is -0.147. The van der Waals surface area contributed by atoms with Crippen molar-refractivity contribution in [2.45, 2.75) is 68.3 Å². The van der Waals surface area contributed by atoms with Crippen molar-refractivity contribution in [2.24, 2.45) is 5.92 Å². The van der Waals surface area contributed by atoms with E-state index in [2.05, 4.69) is 5.32 Å². The Morgan fingerprint density at radius 2 is 1.82 bits per heavy atom. The molecule has 11 nitrogen and oxygen atoms in total. The molecule has 5 rings (SSSR count). The Labute approximate surface area is 193 Å². The van der Waals surface area contributed by atoms with Gasteiger partial charge in [0, 0.05) is 44.7 Å². The van der Waals surface area contributed by atoms with E-state index in [1.807, 2.05) is 11.9 Å². The number of morpholine rings is 1. The zero-order valence-corrected chi connectivity index (χ0v) is 19.0. The number of amides is 3. The number of hydrogen-bond donors (Lipinski definition) is 3. The van der Waals surface area contributed by atoms with E-state index in [1.54, 1.807) is 9.80 Å². The SMILES string of the molecule is CN1C[C@@H]2C[C@H]1C(=O)N1CCO[C@H](CN(C(=O)C3CC3)C[C@H]3O[C@@H](CC(=O)N2)[C@H](O)[C@@H]3O)C1. The molecule has 4 heterocycles. The Bertz CT molecular complexity index is 793. The third-order valence-electron chi connectivity index (χ3n) is 7.56. The molecule has 4 saturated heterocycles. The second-order valence-electron chi connectivity index (χ2n) is 10.1. The monoisotopic (exact) mass is 466 g/mol. The molecule has 5 aliphatic rings. The molecule has 0 unspecified atom stereocenters. The van der Waals surface area contributed by atoms with Crippen molar-refractivity contribution in [3.05, 3.63) is 0 Å². The highest BCUT2D eigenvalue weighted by Crippen LogP contribution is 2.33. The summed E-state index contributed by atoms with van der Waals surface area (Å²) in [4.78, 5) is 44.3. The van der Waals surface area contributed by atoms with Crippen LogP contribution in [0.25, 0.3) is 0 Å². The summed E-state index contributed by atoms with van der Waals surface area (Å²) in [6, 6.07) is -0.502. The molecule has 1 saturated carbocycles. The molecule has 0 aromatic carbocycles. The van der Waals surface area contributed by atoms with Gasteiger partial charge in [-0.2, -0.15) is 0 Å². The number of carbonyl (C=O) groups excluding carboxylic acids is 3. The number of aliphatic hydroxyl groups excluding tert-OH is 2. The first-order valence-corrected chi connectivity index (χ1v) is 12.0. The second-order valence-corrected chi connectivity index (χ2v) is 10.1. The van der Waals surface area contributed by atoms with Crippen LogP contribution in [0.5, 0.6) is 0 Å². The highest BCUT2D eigenvalue weighted by atomic mass is 16.5. The van der Waals surface area contributed by atoms with Gasteiger partial charge in [0.1, 0.15) is 18.3 Å². The van der Waals surface area contributed by atoms with Gasteiger partial charge < -0.3 is 34.8 Å². The van der Waals surface area contributed by atoms with Gasteiger partial charge in [0.15, 0.2) is 0 Å². The molecule has 0 aromatic heterocycles. The van der Waals surface area contributed by atoms with Crippen LogP contribution in [0.15, 0.2) is 0 Å². The van der Waals surface area contributed by atoms with Gasteiger partial charge in [0.2, 0.25) is 17.7 Å². The van der Waals surface area contributed by atoms with Gasteiger partial charge in [-0.1, -0.05) is 0 Å². The summed E-state index contributed by atoms with van der Waals surface area (Å²) in [5, 5.41) is 24.1. The first-order valence-electron chi connectivity index (χ1n) is 12.0. The number of fused-ring (bicyclic) bond motifs is 6. The number of carbonyl (C=O) groups is 3. The highest BCUT2D eigenvalue weighted by Gasteiger charge is 2.47. The van der Waals surface area contributed by atoms with Crippen molar-refractivity contribution in [3.63, 3.8) is 0 Å². The van der Waals surface area contributed by atoms with Crippen LogP contribution in [0.1, 0.15) is 25.7 Å². The summed E-state index contributed by atoms with van der Waals surface area (Å²) in [6.07, 6.45) is -2.31. The summed E-state index contributed by atoms with van der Waals surface area (Å²) >= 11 is 0. The van der Waals surface area contributed by atoms with E-state index >= 15 is 0 Å². The van der Waals surface area contributed by atoms with Gasteiger partial charge in [-0.05, 0) is 26.3 Å². The normalized spacial score (nSPS) is 40.8. The van der Waals surface area contributed by atoms with Crippen LogP contribution in [0.4, 0.5) is 0 Å². The van der Waals surface area contributed by atoms with E-state index in [0.29, 0.717) is 32.7 Å². The maximum absolute atomic E-state index is 13.3. The molecule has 11 heteroatoms. The summed E-state index contributed by atoms with van der Waals surface area (Å²) in [6.45, 7) is 2.21. The molecule has 3 N–H and O–H groups in total. The topological polar surface area (TPSA) is 132 Å². The lowest BCUT2D eigenvalue weighted by Gasteiger charge is -2.38. The number of aliphatic hydroxyl groups is 2. The first-order chi connectivity index (χ1) is 15.8. The zero-order valence-electron chi connectivity index (χ0n) is 19.0. The summed E-state index contributed by atoms with van der Waals surface area (Å²) in [5.41, 5.74) is 0. The summed E-state index contributed by atoms with van der Waals surface area (Å²) in [5.74, 6) is -0.328. The molecule has 0 aromatic rings. The lowest BCUT2D eigenvalue weighted by atomic mass is 10.0. The third-order valence-corrected chi connectivity index (χ3v) is 7.56. The van der Waals surface area contributed by atoms with Gasteiger partial charge in [-0.3, -0.25) is 19.3 Å². The predicted octanol–water partition coefficient (Wildman–Crippen LogP) is -2.47. The molecule has 0 radical (unpaired) electrons. The van der Waals surface area contributed by atoms with Crippen molar-refractivity contribution in [2.75, 3.05) is 46.4 Å². The minimum Gasteiger partial charge on any atom is -0.388 e. The van der Waals surface area contributed by atoms with Gasteiger partial charge in [0.05, 0.1) is 31.3 Å². The van der Waals surface area contributed by atoms with Crippen molar-refractivity contribution in [1.29, 1.82) is 0 Å². The molecular formula is C22H34N4O7. The standard InChI is InChI=1S/C22H34N4O7/c1-24-8-13-6-15(24)22(31)25-4-5-32-14(9-25)10-26(21(30)12-2-3-12)11-17-20(29)19(28)16(33-17)7-18(27)23-13/h12-17,19-20,28-29H,2-11H2,1H3,(H,23,27)/t13-,14-,15-,16-,17+,19-,20+/m0/s1. The fraction of sp³-hybridized carbons (Fsp3) is 0.864. The van der Waals surface area contributed by atoms with Crippen molar-refractivity contribution >= 4 is 17.7 Å². The van der Waals surface area contributed by atoms with Gasteiger partial charge in [0.25, 0.3) is 0 Å². The van der Waals surface area contributed by atoms with Crippen LogP contribution in [-0.4, -0.2) is 132 Å². The molecule has 4 aliphatic heterocycles. The number of nitrogens with one attached hydrogen (secondary N) is 1. The summed E-state index contributed by atoms with van der Waals surface area (Å²) < 4.78 is 11.8. The molecular weight excluding hydrogens is 432 g/mol. The minimum absolute atomic E-state index is 0.0176. The van der Waals surface area contributed by atoms with Crippen LogP contribution >= 0.6 is 0 Å². The number of rotatable bonds is 1. The maximum atomic E-state index is 13.3. The average molecular weight is 467 g/mol. The number of likely N-dealkylation sites (tertiary alicyclic amines) is 1. The Morgan fingerprint density at radius 1 is 1.06 bits per heavy atom. The van der Waals surface area contributed by atoms with Gasteiger partial charge >= 0.3 is 0 Å². The van der Waals surface area contributed by atoms with E-state index in [0.717, 1.165) is 12.8 Å². The highest BCUT2D eigenvalue weighted by molar-refractivity contribution is 5.83. The Morgan fingerprint density at radius 3 is 2.58 bits per heavy atom. The van der Waals surface area contributed by atoms with Crippen LogP contribution in [0.2, 0.25) is 0 Å². The Kier molecular flexibility index (Phi) is 6.34. The molecule has 0 spiro atoms. The van der Waals surface area contributed by atoms with Crippen molar-refractivity contribution in [1.82, 2.24) is 20.0 Å². The minimum atomic E-state index is -1.21. The van der Waals surface area contributed by atoms with E-state index in [1.165, 1.54) is 0 Å². The quantitative estimate of drug-likeness (QED) is 0.388. The van der Waals surface area contributed by atoms with Crippen LogP contribution in [-0.2, 0) is 23.9 Å². The maximum Gasteiger partial charge on any atom is 0.240 e. The molecule has 5 fully saturated rings. The van der Waals surface area contributed by atoms with Crippen molar-refractivity contribution < 1.29 is 34.1 Å². The number of nitrogens with zero attached hydrogens (tertiary/aromatic N) is 3. The Balaban J connectivity index is 1.40. The van der Waals surface area contributed by atoms with E-state index in [9.17, 15) is 24.6 Å². The lowest BCUT2D eigenvalue weighted by Crippen LogP contribution is -2.55. The fourth-order valence-electron chi connectivity index (χ4n) is 5.55. The molecule has 184 valence electrons. The van der Waals surface area contributed by atoms with E-state index in [4.69, 9.17) is 9.47 Å². The second kappa shape index (κ2) is 9.10. The fourth-order valence-corrected chi connectivity index (χ4v) is 5.55. The van der Waals surface area contributed by atoms with E-state index < -0.39 is 24.4 Å². The third kappa shape index (κ3) is 4.74. The molecule has 6 bridgehead atoms. The molecule has 1 aliphatic carbocycles. The van der Waals surface area contributed by atoms with Gasteiger partial charge in [-0.25, -0.2) is 0 Å². The average Bonchev–Trinajstić information content (AvgIpc) is 3.53. The van der Waals surface area contributed by atoms with Crippen LogP contribution in [0.3, 0.4) is 0 Å².